The van der Waals surface area contributed by atoms with Gasteiger partial charge in [-0.3, -0.25) is 4.79 Å². The first kappa shape index (κ1) is 22.0. The van der Waals surface area contributed by atoms with Crippen LogP contribution >= 0.6 is 11.3 Å². The number of carbonyl (C=O) groups is 1. The number of thiophene rings is 1. The van der Waals surface area contributed by atoms with E-state index < -0.39 is 0 Å². The molecule has 1 aliphatic heterocycles. The first-order valence-electron chi connectivity index (χ1n) is 10.9. The maximum atomic E-state index is 12.3. The number of nitrogens with two attached hydrogens (primary N) is 1. The third-order valence-electron chi connectivity index (χ3n) is 5.47. The first-order valence-corrected chi connectivity index (χ1v) is 11.7. The van der Waals surface area contributed by atoms with Crippen molar-refractivity contribution in [3.63, 3.8) is 0 Å². The summed E-state index contributed by atoms with van der Waals surface area (Å²) >= 11 is 1.68. The fourth-order valence-electron chi connectivity index (χ4n) is 3.84. The van der Waals surface area contributed by atoms with Crippen molar-refractivity contribution in [1.82, 2.24) is 5.32 Å². The smallest absolute Gasteiger partial charge is 0.225 e. The number of amides is 1. The van der Waals surface area contributed by atoms with E-state index in [1.165, 1.54) is 16.1 Å². The zero-order valence-corrected chi connectivity index (χ0v) is 19.1. The van der Waals surface area contributed by atoms with Gasteiger partial charge in [0.1, 0.15) is 5.84 Å². The van der Waals surface area contributed by atoms with E-state index in [2.05, 4.69) is 45.8 Å². The first-order chi connectivity index (χ1) is 15.6. The molecular formula is C25H29N5OS. The van der Waals surface area contributed by atoms with Crippen LogP contribution in [0.3, 0.4) is 0 Å². The Morgan fingerprint density at radius 1 is 1.19 bits per heavy atom. The number of aliphatic imine (C=N–C) groups is 1. The van der Waals surface area contributed by atoms with Gasteiger partial charge in [-0.25, -0.2) is 4.99 Å². The lowest BCUT2D eigenvalue weighted by Crippen LogP contribution is -2.21. The SMILES string of the molecule is CN1CCc2cc(NC(=O)CCNCc3cccc(/N=C(\N)Cc4cccs4)c3)ccc21. The Hall–Kier alpha value is -3.16. The highest BCUT2D eigenvalue weighted by Crippen LogP contribution is 2.29. The summed E-state index contributed by atoms with van der Waals surface area (Å²) in [5.74, 6) is 0.621. The lowest BCUT2D eigenvalue weighted by Gasteiger charge is -2.12. The summed E-state index contributed by atoms with van der Waals surface area (Å²) in [7, 11) is 2.10. The van der Waals surface area contributed by atoms with Gasteiger partial charge in [-0.1, -0.05) is 18.2 Å². The fraction of sp³-hybridized carbons (Fsp3) is 0.280. The number of nitrogens with one attached hydrogen (secondary N) is 2. The predicted octanol–water partition coefficient (Wildman–Crippen LogP) is 4.09. The maximum Gasteiger partial charge on any atom is 0.225 e. The van der Waals surface area contributed by atoms with Crippen LogP contribution in [0.25, 0.3) is 0 Å². The van der Waals surface area contributed by atoms with Crippen molar-refractivity contribution in [2.75, 3.05) is 30.4 Å². The molecule has 0 atom stereocenters. The monoisotopic (exact) mass is 447 g/mol. The highest BCUT2D eigenvalue weighted by molar-refractivity contribution is 7.10. The molecule has 0 unspecified atom stereocenters. The minimum Gasteiger partial charge on any atom is -0.387 e. The topological polar surface area (TPSA) is 82.8 Å². The Kier molecular flexibility index (Phi) is 7.19. The number of hydrogen-bond acceptors (Lipinski definition) is 5. The van der Waals surface area contributed by atoms with Gasteiger partial charge in [0.25, 0.3) is 0 Å². The highest BCUT2D eigenvalue weighted by atomic mass is 32.1. The van der Waals surface area contributed by atoms with Crippen molar-refractivity contribution in [3.8, 4) is 0 Å². The highest BCUT2D eigenvalue weighted by Gasteiger charge is 2.16. The van der Waals surface area contributed by atoms with Crippen LogP contribution in [0.4, 0.5) is 17.1 Å². The number of hydrogen-bond donors (Lipinski definition) is 3. The average molecular weight is 448 g/mol. The molecule has 4 rings (SSSR count). The molecule has 1 amide bonds. The van der Waals surface area contributed by atoms with Gasteiger partial charge in [0.15, 0.2) is 0 Å². The molecule has 4 N–H and O–H groups in total. The van der Waals surface area contributed by atoms with Crippen LogP contribution in [0.2, 0.25) is 0 Å². The van der Waals surface area contributed by atoms with Gasteiger partial charge in [0, 0.05) is 55.8 Å². The lowest BCUT2D eigenvalue weighted by atomic mass is 10.1. The number of rotatable bonds is 9. The molecule has 166 valence electrons. The van der Waals surface area contributed by atoms with Crippen LogP contribution in [-0.4, -0.2) is 31.9 Å². The van der Waals surface area contributed by atoms with Crippen molar-refractivity contribution in [3.05, 3.63) is 76.0 Å². The maximum absolute atomic E-state index is 12.3. The number of fused-ring (bicyclic) bond motifs is 1. The van der Waals surface area contributed by atoms with Gasteiger partial charge in [-0.2, -0.15) is 0 Å². The standard InChI is InChI=1S/C25H29N5OS/c1-30-12-10-19-15-21(7-8-23(19)30)29-25(31)9-11-27-17-18-4-2-5-20(14-18)28-24(26)16-22-6-3-13-32-22/h2-8,13-15,27H,9-12,16-17H2,1H3,(H2,26,28)(H,29,31). The second-order valence-corrected chi connectivity index (χ2v) is 9.05. The Balaban J connectivity index is 1.22. The summed E-state index contributed by atoms with van der Waals surface area (Å²) in [6.07, 6.45) is 2.11. The number of amidine groups is 1. The van der Waals surface area contributed by atoms with Gasteiger partial charge >= 0.3 is 0 Å². The third-order valence-corrected chi connectivity index (χ3v) is 6.34. The summed E-state index contributed by atoms with van der Waals surface area (Å²) in [5, 5.41) is 8.38. The summed E-state index contributed by atoms with van der Waals surface area (Å²) in [5.41, 5.74) is 11.5. The molecule has 3 aromatic rings. The van der Waals surface area contributed by atoms with Crippen LogP contribution in [0.5, 0.6) is 0 Å². The largest absolute Gasteiger partial charge is 0.387 e. The molecular weight excluding hydrogens is 418 g/mol. The molecule has 1 aliphatic rings. The number of carbonyl (C=O) groups excluding carboxylic acids is 1. The molecule has 0 saturated heterocycles. The number of nitrogens with zero attached hydrogens (tertiary/aromatic N) is 2. The molecule has 0 bridgehead atoms. The van der Waals surface area contributed by atoms with E-state index in [4.69, 9.17) is 5.73 Å². The molecule has 0 saturated carbocycles. The van der Waals surface area contributed by atoms with E-state index in [0.29, 0.717) is 31.8 Å². The Morgan fingerprint density at radius 2 is 2.09 bits per heavy atom. The molecule has 6 nitrogen and oxygen atoms in total. The molecule has 32 heavy (non-hydrogen) atoms. The molecule has 7 heteroatoms. The van der Waals surface area contributed by atoms with Crippen molar-refractivity contribution in [2.24, 2.45) is 10.7 Å². The van der Waals surface area contributed by atoms with E-state index >= 15 is 0 Å². The van der Waals surface area contributed by atoms with Crippen LogP contribution < -0.4 is 21.3 Å². The lowest BCUT2D eigenvalue weighted by molar-refractivity contribution is -0.116. The Morgan fingerprint density at radius 3 is 2.94 bits per heavy atom. The fourth-order valence-corrected chi connectivity index (χ4v) is 4.56. The van der Waals surface area contributed by atoms with E-state index in [-0.39, 0.29) is 5.91 Å². The van der Waals surface area contributed by atoms with E-state index in [1.807, 2.05) is 41.8 Å². The number of benzene rings is 2. The van der Waals surface area contributed by atoms with Crippen molar-refractivity contribution >= 4 is 40.1 Å². The second-order valence-electron chi connectivity index (χ2n) is 8.02. The van der Waals surface area contributed by atoms with Gasteiger partial charge in [0.05, 0.1) is 5.69 Å². The van der Waals surface area contributed by atoms with Crippen molar-refractivity contribution in [1.29, 1.82) is 0 Å². The molecule has 0 radical (unpaired) electrons. The molecule has 0 spiro atoms. The van der Waals surface area contributed by atoms with E-state index in [1.54, 1.807) is 11.3 Å². The number of likely N-dealkylation sites (N-methyl/N-ethyl adjacent to an activating group) is 1. The Labute approximate surface area is 193 Å². The third kappa shape index (κ3) is 5.96. The van der Waals surface area contributed by atoms with Crippen molar-refractivity contribution in [2.45, 2.75) is 25.8 Å². The summed E-state index contributed by atoms with van der Waals surface area (Å²) in [6.45, 7) is 2.31. The quantitative estimate of drug-likeness (QED) is 0.262. The van der Waals surface area contributed by atoms with Gasteiger partial charge < -0.3 is 21.3 Å². The summed E-state index contributed by atoms with van der Waals surface area (Å²) in [6, 6.07) is 18.2. The minimum absolute atomic E-state index is 0.0171. The van der Waals surface area contributed by atoms with Crippen LogP contribution in [0, 0.1) is 0 Å². The predicted molar refractivity (Wildman–Crippen MR) is 134 cm³/mol. The molecule has 2 heterocycles. The summed E-state index contributed by atoms with van der Waals surface area (Å²) in [4.78, 5) is 20.3. The number of anilines is 2. The molecule has 2 aromatic carbocycles. The Bertz CT molecular complexity index is 1090. The molecule has 0 fully saturated rings. The molecule has 0 aliphatic carbocycles. The zero-order chi connectivity index (χ0) is 22.3. The van der Waals surface area contributed by atoms with Crippen LogP contribution in [-0.2, 0) is 24.2 Å². The van der Waals surface area contributed by atoms with E-state index in [0.717, 1.165) is 29.9 Å². The molecule has 1 aromatic heterocycles. The second kappa shape index (κ2) is 10.4. The van der Waals surface area contributed by atoms with Gasteiger partial charge in [-0.05, 0) is 59.3 Å². The van der Waals surface area contributed by atoms with Gasteiger partial charge in [0.2, 0.25) is 5.91 Å². The minimum atomic E-state index is 0.0171. The van der Waals surface area contributed by atoms with Crippen LogP contribution in [0.15, 0.2) is 65.0 Å². The van der Waals surface area contributed by atoms with Crippen LogP contribution in [0.1, 0.15) is 22.4 Å². The average Bonchev–Trinajstić information content (AvgIpc) is 3.41. The van der Waals surface area contributed by atoms with Gasteiger partial charge in [-0.15, -0.1) is 11.3 Å². The zero-order valence-electron chi connectivity index (χ0n) is 18.3. The summed E-state index contributed by atoms with van der Waals surface area (Å²) < 4.78 is 0. The van der Waals surface area contributed by atoms with E-state index in [9.17, 15) is 4.79 Å². The van der Waals surface area contributed by atoms with Crippen molar-refractivity contribution < 1.29 is 4.79 Å². The normalized spacial score (nSPS) is 13.3.